The van der Waals surface area contributed by atoms with E-state index in [9.17, 15) is 4.79 Å². The fourth-order valence-corrected chi connectivity index (χ4v) is 4.18. The number of benzene rings is 1. The van der Waals surface area contributed by atoms with Gasteiger partial charge in [0.15, 0.2) is 0 Å². The molecule has 1 aliphatic carbocycles. The highest BCUT2D eigenvalue weighted by molar-refractivity contribution is 6.30. The zero-order valence-electron chi connectivity index (χ0n) is 14.9. The number of halogens is 1. The summed E-state index contributed by atoms with van der Waals surface area (Å²) < 4.78 is 5.16. The number of carbonyl (C=O) groups excluding carboxylic acids is 1. The Bertz CT molecular complexity index is 738. The van der Waals surface area contributed by atoms with Gasteiger partial charge in [0.05, 0.1) is 17.9 Å². The highest BCUT2D eigenvalue weighted by Gasteiger charge is 2.51. The molecule has 1 saturated heterocycles. The average Bonchev–Trinajstić information content (AvgIpc) is 3.31. The number of hydrogen-bond acceptors (Lipinski definition) is 3. The van der Waals surface area contributed by atoms with Crippen LogP contribution in [0.5, 0.6) is 0 Å². The Balaban J connectivity index is 1.30. The molecule has 1 saturated carbocycles. The number of furan rings is 1. The van der Waals surface area contributed by atoms with Crippen LogP contribution in [0.4, 0.5) is 0 Å². The lowest BCUT2D eigenvalue weighted by Gasteiger charge is -2.32. The zero-order valence-corrected chi connectivity index (χ0v) is 15.7. The summed E-state index contributed by atoms with van der Waals surface area (Å²) in [7, 11) is 0. The normalized spacial score (nSPS) is 22.1. The van der Waals surface area contributed by atoms with Gasteiger partial charge in [0.1, 0.15) is 0 Å². The average molecular weight is 373 g/mol. The summed E-state index contributed by atoms with van der Waals surface area (Å²) in [6.45, 7) is 3.83. The van der Waals surface area contributed by atoms with Gasteiger partial charge in [0, 0.05) is 30.2 Å². The third kappa shape index (κ3) is 3.81. The Morgan fingerprint density at radius 1 is 1.27 bits per heavy atom. The van der Waals surface area contributed by atoms with E-state index >= 15 is 0 Å². The fourth-order valence-electron chi connectivity index (χ4n) is 4.05. The summed E-state index contributed by atoms with van der Waals surface area (Å²) in [6, 6.07) is 9.75. The summed E-state index contributed by atoms with van der Waals surface area (Å²) in [5.74, 6) is 0.687. The van der Waals surface area contributed by atoms with E-state index in [-0.39, 0.29) is 11.3 Å². The minimum atomic E-state index is -0.324. The van der Waals surface area contributed by atoms with E-state index in [0.717, 1.165) is 44.6 Å². The summed E-state index contributed by atoms with van der Waals surface area (Å²) >= 11 is 5.98. The maximum Gasteiger partial charge on any atom is 0.230 e. The number of amides is 1. The predicted molar refractivity (Wildman–Crippen MR) is 102 cm³/mol. The lowest BCUT2D eigenvalue weighted by Crippen LogP contribution is -2.43. The van der Waals surface area contributed by atoms with Crippen molar-refractivity contribution in [2.45, 2.75) is 37.6 Å². The van der Waals surface area contributed by atoms with Crippen LogP contribution in [0.15, 0.2) is 47.3 Å². The number of rotatable bonds is 6. The molecule has 1 aromatic heterocycles. The van der Waals surface area contributed by atoms with Crippen molar-refractivity contribution in [2.24, 2.45) is 5.92 Å². The van der Waals surface area contributed by atoms with Crippen molar-refractivity contribution >= 4 is 17.5 Å². The van der Waals surface area contributed by atoms with Crippen molar-refractivity contribution in [3.63, 3.8) is 0 Å². The summed E-state index contributed by atoms with van der Waals surface area (Å²) in [6.07, 6.45) is 7.75. The Hall–Kier alpha value is -1.78. The van der Waals surface area contributed by atoms with Crippen LogP contribution in [0, 0.1) is 5.92 Å². The Labute approximate surface area is 159 Å². The molecule has 1 atom stereocenters. The molecule has 2 fully saturated rings. The van der Waals surface area contributed by atoms with Gasteiger partial charge in [-0.25, -0.2) is 0 Å². The summed E-state index contributed by atoms with van der Waals surface area (Å²) in [4.78, 5) is 15.3. The van der Waals surface area contributed by atoms with Crippen molar-refractivity contribution in [1.29, 1.82) is 0 Å². The monoisotopic (exact) mass is 372 g/mol. The van der Waals surface area contributed by atoms with Crippen molar-refractivity contribution in [2.75, 3.05) is 19.6 Å². The maximum atomic E-state index is 12.8. The van der Waals surface area contributed by atoms with Crippen molar-refractivity contribution in [1.82, 2.24) is 10.2 Å². The first kappa shape index (κ1) is 17.6. The van der Waals surface area contributed by atoms with Crippen LogP contribution in [0.1, 0.15) is 36.8 Å². The van der Waals surface area contributed by atoms with Gasteiger partial charge >= 0.3 is 0 Å². The highest BCUT2D eigenvalue weighted by Crippen LogP contribution is 2.48. The van der Waals surface area contributed by atoms with E-state index in [1.165, 1.54) is 18.4 Å². The smallest absolute Gasteiger partial charge is 0.230 e. The van der Waals surface area contributed by atoms with Gasteiger partial charge in [0.2, 0.25) is 5.91 Å². The Morgan fingerprint density at radius 2 is 2.08 bits per heavy atom. The molecule has 1 aliphatic heterocycles. The van der Waals surface area contributed by atoms with Gasteiger partial charge in [0.25, 0.3) is 0 Å². The number of likely N-dealkylation sites (tertiary alicyclic amines) is 1. The van der Waals surface area contributed by atoms with Gasteiger partial charge in [-0.1, -0.05) is 23.7 Å². The van der Waals surface area contributed by atoms with Crippen LogP contribution in [0.3, 0.4) is 0 Å². The molecule has 4 nitrogen and oxygen atoms in total. The second-order valence-corrected chi connectivity index (χ2v) is 8.11. The Morgan fingerprint density at radius 3 is 2.77 bits per heavy atom. The van der Waals surface area contributed by atoms with Gasteiger partial charge in [-0.3, -0.25) is 9.69 Å². The van der Waals surface area contributed by atoms with E-state index in [1.54, 1.807) is 6.26 Å². The molecule has 26 heavy (non-hydrogen) atoms. The van der Waals surface area contributed by atoms with Crippen LogP contribution in [0.2, 0.25) is 5.02 Å². The van der Waals surface area contributed by atoms with E-state index in [2.05, 4.69) is 10.2 Å². The molecule has 5 heteroatoms. The SMILES string of the molecule is O=C(NCC1CCCN(Cc2ccoc2)C1)C1(c2ccc(Cl)cc2)CC1. The maximum absolute atomic E-state index is 12.8. The molecule has 0 bridgehead atoms. The van der Waals surface area contributed by atoms with Gasteiger partial charge in [-0.2, -0.15) is 0 Å². The fraction of sp³-hybridized carbons (Fsp3) is 0.476. The number of nitrogens with one attached hydrogen (secondary N) is 1. The lowest BCUT2D eigenvalue weighted by molar-refractivity contribution is -0.123. The van der Waals surface area contributed by atoms with Crippen molar-refractivity contribution in [3.05, 3.63) is 59.0 Å². The topological polar surface area (TPSA) is 45.5 Å². The van der Waals surface area contributed by atoms with Crippen LogP contribution in [-0.4, -0.2) is 30.4 Å². The largest absolute Gasteiger partial charge is 0.472 e. The molecule has 1 unspecified atom stereocenters. The first-order valence-electron chi connectivity index (χ1n) is 9.43. The van der Waals surface area contributed by atoms with Crippen molar-refractivity contribution in [3.8, 4) is 0 Å². The molecule has 0 spiro atoms. The quantitative estimate of drug-likeness (QED) is 0.833. The standard InChI is InChI=1S/C21H25ClN2O2/c22-19-5-3-18(4-6-19)21(8-9-21)20(25)23-12-16-2-1-10-24(13-16)14-17-7-11-26-15-17/h3-7,11,15-16H,1-2,8-10,12-14H2,(H,23,25). The molecule has 1 aromatic carbocycles. The van der Waals surface area contributed by atoms with Gasteiger partial charge in [-0.15, -0.1) is 0 Å². The van der Waals surface area contributed by atoms with E-state index in [4.69, 9.17) is 16.0 Å². The van der Waals surface area contributed by atoms with Crippen LogP contribution >= 0.6 is 11.6 Å². The van der Waals surface area contributed by atoms with E-state index < -0.39 is 0 Å². The zero-order chi connectivity index (χ0) is 18.0. The number of nitrogens with zero attached hydrogens (tertiary/aromatic N) is 1. The van der Waals surface area contributed by atoms with Gasteiger partial charge in [-0.05, 0) is 61.9 Å². The molecule has 1 amide bonds. The van der Waals surface area contributed by atoms with Crippen LogP contribution in [-0.2, 0) is 16.8 Å². The summed E-state index contributed by atoms with van der Waals surface area (Å²) in [5, 5.41) is 3.94. The highest BCUT2D eigenvalue weighted by atomic mass is 35.5. The Kier molecular flexibility index (Phi) is 5.05. The van der Waals surface area contributed by atoms with Crippen LogP contribution < -0.4 is 5.32 Å². The first-order valence-corrected chi connectivity index (χ1v) is 9.81. The minimum absolute atomic E-state index is 0.173. The molecule has 0 radical (unpaired) electrons. The number of hydrogen-bond donors (Lipinski definition) is 1. The lowest BCUT2D eigenvalue weighted by atomic mass is 9.93. The minimum Gasteiger partial charge on any atom is -0.472 e. The molecule has 2 aromatic rings. The molecular weight excluding hydrogens is 348 g/mol. The van der Waals surface area contributed by atoms with Crippen molar-refractivity contribution < 1.29 is 9.21 Å². The first-order chi connectivity index (χ1) is 12.7. The second kappa shape index (κ2) is 7.45. The molecule has 4 rings (SSSR count). The molecular formula is C21H25ClN2O2. The number of carbonyl (C=O) groups is 1. The summed E-state index contributed by atoms with van der Waals surface area (Å²) in [5.41, 5.74) is 1.98. The van der Waals surface area contributed by atoms with Gasteiger partial charge < -0.3 is 9.73 Å². The molecule has 2 aliphatic rings. The predicted octanol–water partition coefficient (Wildman–Crippen LogP) is 3.99. The van der Waals surface area contributed by atoms with Crippen LogP contribution in [0.25, 0.3) is 0 Å². The third-order valence-electron chi connectivity index (χ3n) is 5.72. The third-order valence-corrected chi connectivity index (χ3v) is 5.97. The second-order valence-electron chi connectivity index (χ2n) is 7.67. The number of piperidine rings is 1. The molecule has 2 heterocycles. The molecule has 138 valence electrons. The molecule has 1 N–H and O–H groups in total. The van der Waals surface area contributed by atoms with E-state index in [0.29, 0.717) is 10.9 Å². The van der Waals surface area contributed by atoms with E-state index in [1.807, 2.05) is 36.6 Å².